The first-order valence-electron chi connectivity index (χ1n) is 14.0. The fourth-order valence-corrected chi connectivity index (χ4v) is 6.55. The summed E-state index contributed by atoms with van der Waals surface area (Å²) in [5, 5.41) is 8.09. The lowest BCUT2D eigenvalue weighted by Gasteiger charge is -2.12. The summed E-state index contributed by atoms with van der Waals surface area (Å²) in [5.74, 6) is 0.626. The maximum Gasteiger partial charge on any atom is 0.256 e. The Hall–Kier alpha value is -5.81. The molecule has 196 valence electrons. The Balaban J connectivity index is 1.44. The highest BCUT2D eigenvalue weighted by Crippen LogP contribution is 2.40. The molecule has 0 saturated carbocycles. The standard InChI is InChI=1S/C37H22N4O/c42-36-28-19-18-24-23(33(28)25-12-4-7-15-29(25)38-36)20-21-32-34(24)27-14-6-9-17-31(27)41(32)37-39-30-16-8-5-13-26(30)35(40-37)22-10-2-1-3-11-22/h1-21H,(H,38,42). The third kappa shape index (κ3) is 3.16. The van der Waals surface area contributed by atoms with Crippen molar-refractivity contribution in [2.24, 2.45) is 0 Å². The van der Waals surface area contributed by atoms with E-state index in [1.54, 1.807) is 0 Å². The smallest absolute Gasteiger partial charge is 0.256 e. The predicted octanol–water partition coefficient (Wildman–Crippen LogP) is 8.54. The summed E-state index contributed by atoms with van der Waals surface area (Å²) in [7, 11) is 0. The Kier molecular flexibility index (Phi) is 4.70. The van der Waals surface area contributed by atoms with Crippen LogP contribution in [0.2, 0.25) is 0 Å². The summed E-state index contributed by atoms with van der Waals surface area (Å²) in [6.07, 6.45) is 0. The van der Waals surface area contributed by atoms with Crippen LogP contribution in [0.5, 0.6) is 0 Å². The van der Waals surface area contributed by atoms with Crippen LogP contribution in [0.25, 0.3) is 82.4 Å². The van der Waals surface area contributed by atoms with Crippen LogP contribution >= 0.6 is 0 Å². The largest absolute Gasteiger partial charge is 0.321 e. The molecule has 5 heteroatoms. The fourth-order valence-electron chi connectivity index (χ4n) is 6.55. The van der Waals surface area contributed by atoms with Crippen LogP contribution in [0.15, 0.2) is 132 Å². The van der Waals surface area contributed by atoms with E-state index in [1.807, 2.05) is 60.7 Å². The second-order valence-electron chi connectivity index (χ2n) is 10.7. The molecule has 0 bridgehead atoms. The summed E-state index contributed by atoms with van der Waals surface area (Å²) < 4.78 is 2.17. The Labute approximate surface area is 239 Å². The number of pyridine rings is 1. The molecule has 0 saturated heterocycles. The molecule has 3 aromatic heterocycles. The zero-order chi connectivity index (χ0) is 27.8. The number of hydrogen-bond acceptors (Lipinski definition) is 3. The predicted molar refractivity (Wildman–Crippen MR) is 172 cm³/mol. The highest BCUT2D eigenvalue weighted by Gasteiger charge is 2.20. The molecule has 0 aliphatic rings. The normalized spacial score (nSPS) is 11.9. The SMILES string of the molecule is O=c1[nH]c2ccccc2c2c1ccc1c2ccc2c1c1ccccc1n2-c1nc(-c2ccccc2)c2ccccc2n1. The molecule has 0 aliphatic heterocycles. The monoisotopic (exact) mass is 538 g/mol. The molecule has 5 nitrogen and oxygen atoms in total. The number of aromatic nitrogens is 4. The van der Waals surface area contributed by atoms with Crippen molar-refractivity contribution in [3.05, 3.63) is 138 Å². The molecule has 9 rings (SSSR count). The lowest BCUT2D eigenvalue weighted by molar-refractivity contribution is 1.01. The first-order valence-corrected chi connectivity index (χ1v) is 14.0. The fraction of sp³-hybridized carbons (Fsp3) is 0. The van der Waals surface area contributed by atoms with E-state index in [0.717, 1.165) is 71.0 Å². The number of H-pyrrole nitrogens is 1. The van der Waals surface area contributed by atoms with Gasteiger partial charge in [-0.1, -0.05) is 97.1 Å². The molecular weight excluding hydrogens is 516 g/mol. The maximum atomic E-state index is 13.1. The highest BCUT2D eigenvalue weighted by atomic mass is 16.1. The molecule has 9 aromatic rings. The average Bonchev–Trinajstić information content (AvgIpc) is 3.39. The molecule has 0 radical (unpaired) electrons. The average molecular weight is 539 g/mol. The van der Waals surface area contributed by atoms with E-state index in [1.165, 1.54) is 0 Å². The molecular formula is C37H22N4O. The first kappa shape index (κ1) is 22.9. The summed E-state index contributed by atoms with van der Waals surface area (Å²) in [4.78, 5) is 26.4. The topological polar surface area (TPSA) is 63.6 Å². The van der Waals surface area contributed by atoms with Crippen molar-refractivity contribution in [3.8, 4) is 17.2 Å². The molecule has 0 aliphatic carbocycles. The second kappa shape index (κ2) is 8.59. The van der Waals surface area contributed by atoms with Crippen LogP contribution in [-0.2, 0) is 0 Å². The van der Waals surface area contributed by atoms with Crippen LogP contribution in [0, 0.1) is 0 Å². The van der Waals surface area contributed by atoms with Gasteiger partial charge in [0.15, 0.2) is 0 Å². The molecule has 3 heterocycles. The van der Waals surface area contributed by atoms with Crippen LogP contribution in [0.3, 0.4) is 0 Å². The molecule has 0 unspecified atom stereocenters. The van der Waals surface area contributed by atoms with Gasteiger partial charge in [-0.15, -0.1) is 0 Å². The molecule has 6 aromatic carbocycles. The summed E-state index contributed by atoms with van der Waals surface area (Å²) >= 11 is 0. The van der Waals surface area contributed by atoms with Crippen LogP contribution in [0.4, 0.5) is 0 Å². The lowest BCUT2D eigenvalue weighted by atomic mass is 9.96. The van der Waals surface area contributed by atoms with Gasteiger partial charge in [0, 0.05) is 43.4 Å². The highest BCUT2D eigenvalue weighted by molar-refractivity contribution is 6.28. The summed E-state index contributed by atoms with van der Waals surface area (Å²) in [5.41, 5.74) is 5.65. The summed E-state index contributed by atoms with van der Waals surface area (Å²) in [6.45, 7) is 0. The minimum atomic E-state index is -0.0777. The summed E-state index contributed by atoms with van der Waals surface area (Å²) in [6, 6.07) is 43.2. The van der Waals surface area contributed by atoms with Gasteiger partial charge >= 0.3 is 0 Å². The van der Waals surface area contributed by atoms with Crippen LogP contribution in [-0.4, -0.2) is 19.5 Å². The van der Waals surface area contributed by atoms with Crippen molar-refractivity contribution in [2.45, 2.75) is 0 Å². The lowest BCUT2D eigenvalue weighted by Crippen LogP contribution is -2.06. The van der Waals surface area contributed by atoms with Crippen molar-refractivity contribution in [3.63, 3.8) is 0 Å². The van der Waals surface area contributed by atoms with E-state index >= 15 is 0 Å². The Bertz CT molecular complexity index is 2600. The van der Waals surface area contributed by atoms with E-state index in [9.17, 15) is 4.79 Å². The number of benzene rings is 6. The van der Waals surface area contributed by atoms with Crippen molar-refractivity contribution < 1.29 is 0 Å². The number of para-hydroxylation sites is 3. The third-order valence-corrected chi connectivity index (χ3v) is 8.36. The number of nitrogens with zero attached hydrogens (tertiary/aromatic N) is 3. The number of aromatic amines is 1. The van der Waals surface area contributed by atoms with Crippen LogP contribution < -0.4 is 5.56 Å². The van der Waals surface area contributed by atoms with Crippen molar-refractivity contribution in [1.82, 2.24) is 19.5 Å². The second-order valence-corrected chi connectivity index (χ2v) is 10.7. The zero-order valence-electron chi connectivity index (χ0n) is 22.4. The third-order valence-electron chi connectivity index (χ3n) is 8.36. The number of hydrogen-bond donors (Lipinski definition) is 1. The molecule has 0 amide bonds. The Morgan fingerprint density at radius 3 is 2.05 bits per heavy atom. The molecule has 42 heavy (non-hydrogen) atoms. The minimum absolute atomic E-state index is 0.0777. The number of fused-ring (bicyclic) bond motifs is 10. The van der Waals surface area contributed by atoms with Gasteiger partial charge in [0.2, 0.25) is 5.95 Å². The van der Waals surface area contributed by atoms with E-state index < -0.39 is 0 Å². The molecule has 0 spiro atoms. The number of nitrogens with one attached hydrogen (secondary N) is 1. The first-order chi connectivity index (χ1) is 20.8. The van der Waals surface area contributed by atoms with Gasteiger partial charge in [-0.2, -0.15) is 0 Å². The van der Waals surface area contributed by atoms with Crippen molar-refractivity contribution in [1.29, 1.82) is 0 Å². The molecule has 0 fully saturated rings. The van der Waals surface area contributed by atoms with Crippen molar-refractivity contribution in [2.75, 3.05) is 0 Å². The minimum Gasteiger partial charge on any atom is -0.321 e. The maximum absolute atomic E-state index is 13.1. The van der Waals surface area contributed by atoms with E-state index in [0.29, 0.717) is 11.3 Å². The Morgan fingerprint density at radius 2 is 1.17 bits per heavy atom. The van der Waals surface area contributed by atoms with E-state index in [4.69, 9.17) is 9.97 Å². The zero-order valence-corrected chi connectivity index (χ0v) is 22.4. The van der Waals surface area contributed by atoms with Gasteiger partial charge in [0.1, 0.15) is 0 Å². The van der Waals surface area contributed by atoms with Gasteiger partial charge in [-0.05, 0) is 41.1 Å². The molecule has 0 atom stereocenters. The van der Waals surface area contributed by atoms with Gasteiger partial charge in [0.05, 0.1) is 22.2 Å². The van der Waals surface area contributed by atoms with Gasteiger partial charge in [-0.3, -0.25) is 9.36 Å². The van der Waals surface area contributed by atoms with Gasteiger partial charge in [-0.25, -0.2) is 9.97 Å². The van der Waals surface area contributed by atoms with E-state index in [-0.39, 0.29) is 5.56 Å². The van der Waals surface area contributed by atoms with Gasteiger partial charge < -0.3 is 4.98 Å². The quantitative estimate of drug-likeness (QED) is 0.224. The van der Waals surface area contributed by atoms with Crippen molar-refractivity contribution >= 4 is 65.2 Å². The van der Waals surface area contributed by atoms with Gasteiger partial charge in [0.25, 0.3) is 5.56 Å². The van der Waals surface area contributed by atoms with E-state index in [2.05, 4.69) is 76.3 Å². The Morgan fingerprint density at radius 1 is 0.500 bits per heavy atom. The number of rotatable bonds is 2. The van der Waals surface area contributed by atoms with Crippen LogP contribution in [0.1, 0.15) is 0 Å². The molecule has 1 N–H and O–H groups in total.